The number of nitrogens with one attached hydrogen (secondary N) is 2. The van der Waals surface area contributed by atoms with Gasteiger partial charge in [-0.1, -0.05) is 19.8 Å². The second-order valence-electron chi connectivity index (χ2n) is 7.03. The predicted molar refractivity (Wildman–Crippen MR) is 76.7 cm³/mol. The van der Waals surface area contributed by atoms with Gasteiger partial charge in [-0.25, -0.2) is 0 Å². The third-order valence-corrected chi connectivity index (χ3v) is 5.66. The molecule has 3 unspecified atom stereocenters. The van der Waals surface area contributed by atoms with Crippen LogP contribution >= 0.6 is 0 Å². The van der Waals surface area contributed by atoms with E-state index in [0.717, 1.165) is 18.0 Å². The molecule has 0 aromatic carbocycles. The summed E-state index contributed by atoms with van der Waals surface area (Å²) < 4.78 is 0. The van der Waals surface area contributed by atoms with Crippen molar-refractivity contribution in [2.75, 3.05) is 13.1 Å². The Hall–Kier alpha value is -0.0800. The number of hydrogen-bond acceptors (Lipinski definition) is 2. The first-order chi connectivity index (χ1) is 8.83. The summed E-state index contributed by atoms with van der Waals surface area (Å²) in [7, 11) is 0. The monoisotopic (exact) mass is 250 g/mol. The van der Waals surface area contributed by atoms with Crippen LogP contribution in [0.15, 0.2) is 0 Å². The molecule has 104 valence electrons. The SMILES string of the molecule is CCCC1(CNC2CCCC2C2CCCN2)CC1. The van der Waals surface area contributed by atoms with Crippen LogP contribution in [0, 0.1) is 11.3 Å². The van der Waals surface area contributed by atoms with Gasteiger partial charge >= 0.3 is 0 Å². The lowest BCUT2D eigenvalue weighted by Gasteiger charge is -2.28. The highest BCUT2D eigenvalue weighted by molar-refractivity contribution is 4.98. The predicted octanol–water partition coefficient (Wildman–Crippen LogP) is 3.08. The van der Waals surface area contributed by atoms with E-state index in [2.05, 4.69) is 17.6 Å². The van der Waals surface area contributed by atoms with Crippen LogP contribution in [0.4, 0.5) is 0 Å². The minimum absolute atomic E-state index is 0.713. The van der Waals surface area contributed by atoms with Crippen molar-refractivity contribution < 1.29 is 0 Å². The van der Waals surface area contributed by atoms with Gasteiger partial charge in [-0.15, -0.1) is 0 Å². The van der Waals surface area contributed by atoms with Gasteiger partial charge in [0.15, 0.2) is 0 Å². The molecule has 1 heterocycles. The second kappa shape index (κ2) is 5.50. The van der Waals surface area contributed by atoms with Crippen LogP contribution in [0.2, 0.25) is 0 Å². The molecule has 2 heteroatoms. The Morgan fingerprint density at radius 2 is 2.06 bits per heavy atom. The number of hydrogen-bond donors (Lipinski definition) is 2. The summed E-state index contributed by atoms with van der Waals surface area (Å²) in [4.78, 5) is 0. The fourth-order valence-electron chi connectivity index (χ4n) is 4.37. The minimum atomic E-state index is 0.713. The number of rotatable bonds is 6. The topological polar surface area (TPSA) is 24.1 Å². The van der Waals surface area contributed by atoms with Crippen LogP contribution in [-0.4, -0.2) is 25.2 Å². The van der Waals surface area contributed by atoms with Gasteiger partial charge in [0.25, 0.3) is 0 Å². The molecule has 18 heavy (non-hydrogen) atoms. The van der Waals surface area contributed by atoms with E-state index in [1.807, 2.05) is 0 Å². The Kier molecular flexibility index (Phi) is 3.95. The maximum absolute atomic E-state index is 3.96. The lowest BCUT2D eigenvalue weighted by molar-refractivity contribution is 0.295. The molecule has 2 aliphatic carbocycles. The van der Waals surface area contributed by atoms with E-state index in [1.54, 1.807) is 0 Å². The van der Waals surface area contributed by atoms with E-state index in [4.69, 9.17) is 0 Å². The first kappa shape index (κ1) is 12.9. The Balaban J connectivity index is 1.49. The highest BCUT2D eigenvalue weighted by Crippen LogP contribution is 2.49. The fraction of sp³-hybridized carbons (Fsp3) is 1.00. The van der Waals surface area contributed by atoms with Crippen molar-refractivity contribution in [1.29, 1.82) is 0 Å². The molecule has 2 N–H and O–H groups in total. The van der Waals surface area contributed by atoms with Crippen molar-refractivity contribution in [3.05, 3.63) is 0 Å². The zero-order valence-electron chi connectivity index (χ0n) is 12.0. The Labute approximate surface area is 112 Å². The summed E-state index contributed by atoms with van der Waals surface area (Å²) in [6.07, 6.45) is 12.9. The van der Waals surface area contributed by atoms with Gasteiger partial charge in [-0.3, -0.25) is 0 Å². The zero-order valence-corrected chi connectivity index (χ0v) is 12.0. The van der Waals surface area contributed by atoms with E-state index in [-0.39, 0.29) is 0 Å². The van der Waals surface area contributed by atoms with E-state index < -0.39 is 0 Å². The summed E-state index contributed by atoms with van der Waals surface area (Å²) >= 11 is 0. The van der Waals surface area contributed by atoms with E-state index in [9.17, 15) is 0 Å². The molecule has 3 atom stereocenters. The van der Waals surface area contributed by atoms with Gasteiger partial charge in [-0.05, 0) is 62.8 Å². The Morgan fingerprint density at radius 1 is 1.17 bits per heavy atom. The van der Waals surface area contributed by atoms with Crippen molar-refractivity contribution in [2.45, 2.75) is 76.8 Å². The molecule has 0 bridgehead atoms. The lowest BCUT2D eigenvalue weighted by Crippen LogP contribution is -2.43. The minimum Gasteiger partial charge on any atom is -0.314 e. The van der Waals surface area contributed by atoms with Gasteiger partial charge < -0.3 is 10.6 Å². The molecular formula is C16H30N2. The van der Waals surface area contributed by atoms with Gasteiger partial charge in [0.05, 0.1) is 0 Å². The molecule has 0 aromatic rings. The normalized spacial score (nSPS) is 38.2. The van der Waals surface area contributed by atoms with E-state index in [0.29, 0.717) is 5.41 Å². The average molecular weight is 250 g/mol. The molecule has 0 amide bonds. The summed E-state index contributed by atoms with van der Waals surface area (Å²) in [6, 6.07) is 1.64. The molecular weight excluding hydrogens is 220 g/mol. The summed E-state index contributed by atoms with van der Waals surface area (Å²) in [6.45, 7) is 4.89. The third-order valence-electron chi connectivity index (χ3n) is 5.66. The van der Waals surface area contributed by atoms with E-state index >= 15 is 0 Å². The van der Waals surface area contributed by atoms with Crippen molar-refractivity contribution in [3.8, 4) is 0 Å². The molecule has 1 saturated heterocycles. The maximum Gasteiger partial charge on any atom is 0.0111 e. The molecule has 3 rings (SSSR count). The van der Waals surface area contributed by atoms with Gasteiger partial charge in [-0.2, -0.15) is 0 Å². The smallest absolute Gasteiger partial charge is 0.0111 e. The van der Waals surface area contributed by atoms with Gasteiger partial charge in [0.2, 0.25) is 0 Å². The van der Waals surface area contributed by atoms with Crippen LogP contribution in [0.25, 0.3) is 0 Å². The van der Waals surface area contributed by atoms with E-state index in [1.165, 1.54) is 70.9 Å². The molecule has 3 fully saturated rings. The van der Waals surface area contributed by atoms with Crippen LogP contribution in [0.3, 0.4) is 0 Å². The van der Waals surface area contributed by atoms with Crippen molar-refractivity contribution in [1.82, 2.24) is 10.6 Å². The second-order valence-corrected chi connectivity index (χ2v) is 7.03. The van der Waals surface area contributed by atoms with Crippen LogP contribution in [-0.2, 0) is 0 Å². The quantitative estimate of drug-likeness (QED) is 0.757. The summed E-state index contributed by atoms with van der Waals surface area (Å²) in [5, 5.41) is 7.68. The maximum atomic E-state index is 3.96. The van der Waals surface area contributed by atoms with Crippen LogP contribution in [0.5, 0.6) is 0 Å². The highest BCUT2D eigenvalue weighted by atomic mass is 15.0. The largest absolute Gasteiger partial charge is 0.314 e. The summed E-state index contributed by atoms with van der Waals surface area (Å²) in [5.41, 5.74) is 0.713. The standard InChI is InChI=1S/C16H30N2/c1-2-8-16(9-10-16)12-18-15-6-3-5-13(15)14-7-4-11-17-14/h13-15,17-18H,2-12H2,1H3. The Morgan fingerprint density at radius 3 is 2.72 bits per heavy atom. The molecule has 2 saturated carbocycles. The van der Waals surface area contributed by atoms with Gasteiger partial charge in [0.1, 0.15) is 0 Å². The lowest BCUT2D eigenvalue weighted by atomic mass is 9.92. The van der Waals surface area contributed by atoms with Crippen molar-refractivity contribution in [3.63, 3.8) is 0 Å². The molecule has 0 radical (unpaired) electrons. The fourth-order valence-corrected chi connectivity index (χ4v) is 4.37. The molecule has 1 aliphatic heterocycles. The van der Waals surface area contributed by atoms with Crippen molar-refractivity contribution >= 4 is 0 Å². The Bertz CT molecular complexity index is 266. The third kappa shape index (κ3) is 2.75. The van der Waals surface area contributed by atoms with Gasteiger partial charge in [0, 0.05) is 18.6 Å². The molecule has 0 spiro atoms. The first-order valence-electron chi connectivity index (χ1n) is 8.30. The molecule has 0 aromatic heterocycles. The molecule has 3 aliphatic rings. The summed E-state index contributed by atoms with van der Waals surface area (Å²) in [5.74, 6) is 0.921. The highest BCUT2D eigenvalue weighted by Gasteiger charge is 2.43. The first-order valence-corrected chi connectivity index (χ1v) is 8.30. The zero-order chi connectivity index (χ0) is 12.4. The van der Waals surface area contributed by atoms with Crippen molar-refractivity contribution in [2.24, 2.45) is 11.3 Å². The van der Waals surface area contributed by atoms with Crippen LogP contribution < -0.4 is 10.6 Å². The molecule has 2 nitrogen and oxygen atoms in total. The van der Waals surface area contributed by atoms with Crippen LogP contribution in [0.1, 0.15) is 64.7 Å². The average Bonchev–Trinajstić information content (AvgIpc) is 2.86.